The van der Waals surface area contributed by atoms with E-state index in [-0.39, 0.29) is 0 Å². The fraction of sp³-hybridized carbons (Fsp3) is 0.333. The van der Waals surface area contributed by atoms with Crippen molar-refractivity contribution in [1.82, 2.24) is 0 Å². The van der Waals surface area contributed by atoms with Gasteiger partial charge in [-0.15, -0.1) is 0 Å². The van der Waals surface area contributed by atoms with Crippen molar-refractivity contribution in [3.05, 3.63) is 36.5 Å². The van der Waals surface area contributed by atoms with Crippen LogP contribution in [0.15, 0.2) is 36.5 Å². The molecule has 0 amide bonds. The van der Waals surface area contributed by atoms with Crippen molar-refractivity contribution in [1.29, 1.82) is 0 Å². The van der Waals surface area contributed by atoms with Crippen molar-refractivity contribution in [3.63, 3.8) is 0 Å². The molecule has 0 aromatic heterocycles. The van der Waals surface area contributed by atoms with Gasteiger partial charge in [0.05, 0.1) is 0 Å². The monoisotopic (exact) mass is 135 g/mol. The molecule has 1 nitrogen and oxygen atoms in total. The molecular weight excluding hydrogens is 122 g/mol. The molecule has 0 spiro atoms. The summed E-state index contributed by atoms with van der Waals surface area (Å²) in [4.78, 5) is 0. The summed E-state index contributed by atoms with van der Waals surface area (Å²) in [6.07, 6.45) is 14.3. The molecule has 0 fully saturated rings. The number of rotatable bonds is 0. The highest BCUT2D eigenvalue weighted by atomic mass is 14.6. The van der Waals surface area contributed by atoms with Crippen LogP contribution >= 0.6 is 0 Å². The molecule has 1 heteroatoms. The van der Waals surface area contributed by atoms with E-state index in [1.54, 1.807) is 0 Å². The maximum Gasteiger partial charge on any atom is 0.0108 e. The van der Waals surface area contributed by atoms with Crippen LogP contribution in [-0.4, -0.2) is 6.04 Å². The van der Waals surface area contributed by atoms with Gasteiger partial charge < -0.3 is 5.73 Å². The summed E-state index contributed by atoms with van der Waals surface area (Å²) in [5, 5.41) is 0. The first-order valence-electron chi connectivity index (χ1n) is 3.63. The highest BCUT2D eigenvalue weighted by molar-refractivity contribution is 5.13. The summed E-state index contributed by atoms with van der Waals surface area (Å²) in [5.74, 6) is 0. The van der Waals surface area contributed by atoms with E-state index in [0.29, 0.717) is 6.04 Å². The van der Waals surface area contributed by atoms with Gasteiger partial charge in [-0.25, -0.2) is 0 Å². The van der Waals surface area contributed by atoms with E-state index in [1.807, 2.05) is 24.3 Å². The quantitative estimate of drug-likeness (QED) is 0.538. The zero-order chi connectivity index (χ0) is 7.23. The van der Waals surface area contributed by atoms with E-state index >= 15 is 0 Å². The Morgan fingerprint density at radius 2 is 1.40 bits per heavy atom. The zero-order valence-corrected chi connectivity index (χ0v) is 6.03. The van der Waals surface area contributed by atoms with Crippen LogP contribution in [0.1, 0.15) is 12.8 Å². The van der Waals surface area contributed by atoms with Crippen molar-refractivity contribution in [2.24, 2.45) is 5.73 Å². The van der Waals surface area contributed by atoms with Gasteiger partial charge in [0, 0.05) is 6.04 Å². The average Bonchev–Trinajstić information content (AvgIpc) is 2.02. The Morgan fingerprint density at radius 3 is 1.90 bits per heavy atom. The second kappa shape index (κ2) is 4.07. The lowest BCUT2D eigenvalue weighted by molar-refractivity contribution is 0.694. The highest BCUT2D eigenvalue weighted by Crippen LogP contribution is 1.99. The van der Waals surface area contributed by atoms with Crippen LogP contribution in [0.2, 0.25) is 0 Å². The maximum absolute atomic E-state index is 5.74. The summed E-state index contributed by atoms with van der Waals surface area (Å²) in [6, 6.07) is 0.299. The van der Waals surface area contributed by atoms with E-state index in [1.165, 1.54) is 0 Å². The average molecular weight is 135 g/mol. The lowest BCUT2D eigenvalue weighted by Crippen LogP contribution is -2.17. The SMILES string of the molecule is NC1C/C=C/C=C\C=C\C1. The molecule has 0 saturated carbocycles. The summed E-state index contributed by atoms with van der Waals surface area (Å²) in [6.45, 7) is 0. The van der Waals surface area contributed by atoms with E-state index < -0.39 is 0 Å². The molecular formula is C9H13N. The number of nitrogens with two attached hydrogens (primary N) is 1. The molecule has 0 aromatic rings. The van der Waals surface area contributed by atoms with Crippen molar-refractivity contribution in [2.75, 3.05) is 0 Å². The maximum atomic E-state index is 5.74. The second-order valence-corrected chi connectivity index (χ2v) is 2.47. The van der Waals surface area contributed by atoms with E-state index in [9.17, 15) is 0 Å². The van der Waals surface area contributed by atoms with Gasteiger partial charge in [0.1, 0.15) is 0 Å². The van der Waals surface area contributed by atoms with Gasteiger partial charge in [-0.3, -0.25) is 0 Å². The molecule has 2 N–H and O–H groups in total. The molecule has 0 radical (unpaired) electrons. The van der Waals surface area contributed by atoms with Gasteiger partial charge in [-0.2, -0.15) is 0 Å². The van der Waals surface area contributed by atoms with Gasteiger partial charge in [0.25, 0.3) is 0 Å². The standard InChI is InChI=1S/C9H13N/c10-9-7-5-3-1-2-4-6-8-9/h1-6,9H,7-8,10H2/b2-1-,5-3+,6-4+. The van der Waals surface area contributed by atoms with Crippen LogP contribution in [-0.2, 0) is 0 Å². The van der Waals surface area contributed by atoms with Crippen molar-refractivity contribution >= 4 is 0 Å². The van der Waals surface area contributed by atoms with Crippen LogP contribution in [0.5, 0.6) is 0 Å². The number of allylic oxidation sites excluding steroid dienone is 4. The zero-order valence-electron chi connectivity index (χ0n) is 6.03. The Kier molecular flexibility index (Phi) is 2.97. The van der Waals surface area contributed by atoms with Crippen LogP contribution in [0, 0.1) is 0 Å². The molecule has 1 rings (SSSR count). The molecule has 0 atom stereocenters. The van der Waals surface area contributed by atoms with Crippen LogP contribution in [0.4, 0.5) is 0 Å². The topological polar surface area (TPSA) is 26.0 Å². The fourth-order valence-electron chi connectivity index (χ4n) is 0.888. The normalized spacial score (nSPS) is 29.7. The first-order valence-corrected chi connectivity index (χ1v) is 3.63. The van der Waals surface area contributed by atoms with Crippen molar-refractivity contribution in [2.45, 2.75) is 18.9 Å². The smallest absolute Gasteiger partial charge is 0.0108 e. The van der Waals surface area contributed by atoms with Gasteiger partial charge >= 0.3 is 0 Å². The molecule has 0 bridgehead atoms. The molecule has 1 aliphatic rings. The minimum Gasteiger partial charge on any atom is -0.327 e. The summed E-state index contributed by atoms with van der Waals surface area (Å²) >= 11 is 0. The van der Waals surface area contributed by atoms with Gasteiger partial charge in [-0.1, -0.05) is 36.5 Å². The van der Waals surface area contributed by atoms with Crippen molar-refractivity contribution < 1.29 is 0 Å². The Morgan fingerprint density at radius 1 is 0.900 bits per heavy atom. The molecule has 0 saturated heterocycles. The molecule has 0 heterocycles. The van der Waals surface area contributed by atoms with E-state index in [4.69, 9.17) is 5.73 Å². The lowest BCUT2D eigenvalue weighted by atomic mass is 10.1. The second-order valence-electron chi connectivity index (χ2n) is 2.47. The third kappa shape index (κ3) is 2.65. The molecule has 0 aromatic carbocycles. The first kappa shape index (κ1) is 7.29. The molecule has 54 valence electrons. The fourth-order valence-corrected chi connectivity index (χ4v) is 0.888. The number of hydrogen-bond acceptors (Lipinski definition) is 1. The summed E-state index contributed by atoms with van der Waals surface area (Å²) in [5.41, 5.74) is 5.74. The summed E-state index contributed by atoms with van der Waals surface area (Å²) in [7, 11) is 0. The van der Waals surface area contributed by atoms with Crippen molar-refractivity contribution in [3.8, 4) is 0 Å². The Balaban J connectivity index is 2.52. The number of hydrogen-bond donors (Lipinski definition) is 1. The third-order valence-corrected chi connectivity index (χ3v) is 1.48. The van der Waals surface area contributed by atoms with E-state index in [2.05, 4.69) is 12.2 Å². The minimum atomic E-state index is 0.299. The van der Waals surface area contributed by atoms with Crippen LogP contribution in [0.25, 0.3) is 0 Å². The van der Waals surface area contributed by atoms with Gasteiger partial charge in [0.15, 0.2) is 0 Å². The molecule has 10 heavy (non-hydrogen) atoms. The Labute approximate surface area is 61.9 Å². The van der Waals surface area contributed by atoms with Gasteiger partial charge in [-0.05, 0) is 12.8 Å². The minimum absolute atomic E-state index is 0.299. The lowest BCUT2D eigenvalue weighted by Gasteiger charge is -2.02. The molecule has 0 aliphatic heterocycles. The van der Waals surface area contributed by atoms with Gasteiger partial charge in [0.2, 0.25) is 0 Å². The van der Waals surface area contributed by atoms with E-state index in [0.717, 1.165) is 12.8 Å². The predicted octanol–water partition coefficient (Wildman–Crippen LogP) is 1.78. The molecule has 0 unspecified atom stereocenters. The Bertz CT molecular complexity index is 148. The highest BCUT2D eigenvalue weighted by Gasteiger charge is 1.95. The molecule has 1 aliphatic carbocycles. The first-order chi connectivity index (χ1) is 4.89. The van der Waals surface area contributed by atoms with Crippen LogP contribution < -0.4 is 5.73 Å². The predicted molar refractivity (Wildman–Crippen MR) is 44.6 cm³/mol. The van der Waals surface area contributed by atoms with Crippen LogP contribution in [0.3, 0.4) is 0 Å². The third-order valence-electron chi connectivity index (χ3n) is 1.48. The largest absolute Gasteiger partial charge is 0.327 e. The Hall–Kier alpha value is -0.820. The summed E-state index contributed by atoms with van der Waals surface area (Å²) < 4.78 is 0.